The van der Waals surface area contributed by atoms with Crippen molar-refractivity contribution in [2.75, 3.05) is 0 Å². The summed E-state index contributed by atoms with van der Waals surface area (Å²) >= 11 is 0. The zero-order valence-corrected chi connectivity index (χ0v) is 9.31. The number of carbonyl (C=O) groups excluding carboxylic acids is 1. The standard InChI is InChI=1S/C13H14O3/c1-9(2)11-6-3-10(4-7-11)5-8-12(14)13(15)16/h3-9H,1-2H3,(H,15,16)/b8-5+. The van der Waals surface area contributed by atoms with E-state index in [2.05, 4.69) is 13.8 Å². The van der Waals surface area contributed by atoms with Crippen LogP contribution in [-0.4, -0.2) is 16.9 Å². The van der Waals surface area contributed by atoms with Crippen LogP contribution in [0.2, 0.25) is 0 Å². The number of rotatable bonds is 4. The van der Waals surface area contributed by atoms with Crippen molar-refractivity contribution in [3.05, 3.63) is 41.5 Å². The SMILES string of the molecule is CC(C)c1ccc(/C=C/C(=O)C(=O)O)cc1. The van der Waals surface area contributed by atoms with Crippen molar-refractivity contribution < 1.29 is 14.7 Å². The Hall–Kier alpha value is -1.90. The van der Waals surface area contributed by atoms with E-state index in [1.54, 1.807) is 0 Å². The third-order valence-corrected chi connectivity index (χ3v) is 2.24. The number of carboxylic acids is 1. The lowest BCUT2D eigenvalue weighted by molar-refractivity contribution is -0.146. The maximum atomic E-state index is 10.8. The Morgan fingerprint density at radius 3 is 2.19 bits per heavy atom. The highest BCUT2D eigenvalue weighted by Gasteiger charge is 2.05. The smallest absolute Gasteiger partial charge is 0.376 e. The molecule has 3 nitrogen and oxygen atoms in total. The van der Waals surface area contributed by atoms with E-state index in [1.165, 1.54) is 11.6 Å². The molecular weight excluding hydrogens is 204 g/mol. The summed E-state index contributed by atoms with van der Waals surface area (Å²) in [7, 11) is 0. The summed E-state index contributed by atoms with van der Waals surface area (Å²) < 4.78 is 0. The first kappa shape index (κ1) is 12.2. The first-order valence-electron chi connectivity index (χ1n) is 5.06. The van der Waals surface area contributed by atoms with Crippen LogP contribution in [0.15, 0.2) is 30.3 Å². The number of carbonyl (C=O) groups is 2. The molecule has 0 aliphatic carbocycles. The van der Waals surface area contributed by atoms with Gasteiger partial charge in [0.05, 0.1) is 0 Å². The average molecular weight is 218 g/mol. The van der Waals surface area contributed by atoms with Crippen molar-refractivity contribution in [2.45, 2.75) is 19.8 Å². The van der Waals surface area contributed by atoms with E-state index in [0.29, 0.717) is 5.92 Å². The lowest BCUT2D eigenvalue weighted by Crippen LogP contribution is -2.08. The zero-order valence-electron chi connectivity index (χ0n) is 9.31. The van der Waals surface area contributed by atoms with E-state index in [-0.39, 0.29) is 0 Å². The van der Waals surface area contributed by atoms with Crippen LogP contribution in [0.4, 0.5) is 0 Å². The minimum atomic E-state index is -1.44. The fourth-order valence-electron chi connectivity index (χ4n) is 1.24. The number of carboxylic acid groups (broad SMARTS) is 1. The van der Waals surface area contributed by atoms with E-state index >= 15 is 0 Å². The third-order valence-electron chi connectivity index (χ3n) is 2.24. The van der Waals surface area contributed by atoms with Crippen LogP contribution in [0, 0.1) is 0 Å². The maximum absolute atomic E-state index is 10.8. The quantitative estimate of drug-likeness (QED) is 0.624. The van der Waals surface area contributed by atoms with Gasteiger partial charge in [0.1, 0.15) is 0 Å². The summed E-state index contributed by atoms with van der Waals surface area (Å²) in [6.07, 6.45) is 2.56. The largest absolute Gasteiger partial charge is 0.475 e. The Morgan fingerprint density at radius 1 is 1.19 bits per heavy atom. The van der Waals surface area contributed by atoms with Gasteiger partial charge in [0.25, 0.3) is 5.78 Å². The molecular formula is C13H14O3. The molecule has 1 rings (SSSR count). The van der Waals surface area contributed by atoms with Crippen LogP contribution < -0.4 is 0 Å². The molecule has 0 saturated carbocycles. The molecule has 1 N–H and O–H groups in total. The summed E-state index contributed by atoms with van der Waals surface area (Å²) in [5.74, 6) is -1.89. The molecule has 16 heavy (non-hydrogen) atoms. The molecule has 0 aliphatic rings. The second kappa shape index (κ2) is 5.26. The predicted octanol–water partition coefficient (Wildman–Crippen LogP) is 2.48. The summed E-state index contributed by atoms with van der Waals surface area (Å²) in [4.78, 5) is 21.1. The number of aliphatic carboxylic acids is 1. The van der Waals surface area contributed by atoms with Crippen molar-refractivity contribution in [3.63, 3.8) is 0 Å². The first-order chi connectivity index (χ1) is 7.50. The van der Waals surface area contributed by atoms with E-state index in [1.807, 2.05) is 24.3 Å². The van der Waals surface area contributed by atoms with Crippen molar-refractivity contribution in [3.8, 4) is 0 Å². The highest BCUT2D eigenvalue weighted by Crippen LogP contribution is 2.15. The molecule has 0 fully saturated rings. The van der Waals surface area contributed by atoms with E-state index in [9.17, 15) is 9.59 Å². The van der Waals surface area contributed by atoms with E-state index in [4.69, 9.17) is 5.11 Å². The molecule has 1 aromatic carbocycles. The van der Waals surface area contributed by atoms with Gasteiger partial charge in [-0.2, -0.15) is 0 Å². The highest BCUT2D eigenvalue weighted by molar-refractivity contribution is 6.38. The molecule has 0 aromatic heterocycles. The molecule has 0 unspecified atom stereocenters. The van der Waals surface area contributed by atoms with Crippen molar-refractivity contribution in [1.82, 2.24) is 0 Å². The first-order valence-corrected chi connectivity index (χ1v) is 5.06. The summed E-state index contributed by atoms with van der Waals surface area (Å²) in [5, 5.41) is 8.38. The van der Waals surface area contributed by atoms with Crippen LogP contribution >= 0.6 is 0 Å². The van der Waals surface area contributed by atoms with Gasteiger partial charge in [-0.25, -0.2) is 4.79 Å². The number of hydrogen-bond acceptors (Lipinski definition) is 2. The Labute approximate surface area is 94.4 Å². The van der Waals surface area contributed by atoms with Gasteiger partial charge in [0, 0.05) is 0 Å². The molecule has 1 aromatic rings. The van der Waals surface area contributed by atoms with Gasteiger partial charge in [-0.05, 0) is 23.1 Å². The van der Waals surface area contributed by atoms with Gasteiger partial charge in [-0.3, -0.25) is 4.79 Å². The fraction of sp³-hybridized carbons (Fsp3) is 0.231. The monoisotopic (exact) mass is 218 g/mol. The molecule has 0 spiro atoms. The van der Waals surface area contributed by atoms with Gasteiger partial charge in [-0.1, -0.05) is 44.2 Å². The summed E-state index contributed by atoms with van der Waals surface area (Å²) in [5.41, 5.74) is 2.03. The Kier molecular flexibility index (Phi) is 4.00. The molecule has 0 saturated heterocycles. The fourth-order valence-corrected chi connectivity index (χ4v) is 1.24. The van der Waals surface area contributed by atoms with Gasteiger partial charge in [-0.15, -0.1) is 0 Å². The highest BCUT2D eigenvalue weighted by atomic mass is 16.4. The van der Waals surface area contributed by atoms with Crippen LogP contribution in [0.25, 0.3) is 6.08 Å². The molecule has 0 atom stereocenters. The molecule has 3 heteroatoms. The van der Waals surface area contributed by atoms with Crippen molar-refractivity contribution >= 4 is 17.8 Å². The molecule has 0 radical (unpaired) electrons. The lowest BCUT2D eigenvalue weighted by Gasteiger charge is -2.04. The summed E-state index contributed by atoms with van der Waals surface area (Å²) in [6.45, 7) is 4.19. The van der Waals surface area contributed by atoms with E-state index in [0.717, 1.165) is 11.6 Å². The van der Waals surface area contributed by atoms with Crippen molar-refractivity contribution in [1.29, 1.82) is 0 Å². The minimum Gasteiger partial charge on any atom is -0.475 e. The van der Waals surface area contributed by atoms with Gasteiger partial charge < -0.3 is 5.11 Å². The Bertz CT molecular complexity index is 413. The lowest BCUT2D eigenvalue weighted by atomic mass is 10.0. The Morgan fingerprint density at radius 2 is 1.75 bits per heavy atom. The normalized spacial score (nSPS) is 10.9. The molecule has 84 valence electrons. The third kappa shape index (κ3) is 3.35. The van der Waals surface area contributed by atoms with Crippen LogP contribution in [0.3, 0.4) is 0 Å². The zero-order chi connectivity index (χ0) is 12.1. The Balaban J connectivity index is 2.76. The molecule has 0 heterocycles. The number of hydrogen-bond donors (Lipinski definition) is 1. The van der Waals surface area contributed by atoms with Crippen LogP contribution in [-0.2, 0) is 9.59 Å². The summed E-state index contributed by atoms with van der Waals surface area (Å²) in [6, 6.07) is 7.66. The number of benzene rings is 1. The van der Waals surface area contributed by atoms with E-state index < -0.39 is 11.8 Å². The maximum Gasteiger partial charge on any atom is 0.376 e. The van der Waals surface area contributed by atoms with Gasteiger partial charge in [0.15, 0.2) is 0 Å². The van der Waals surface area contributed by atoms with Gasteiger partial charge in [0.2, 0.25) is 0 Å². The van der Waals surface area contributed by atoms with Crippen molar-refractivity contribution in [2.24, 2.45) is 0 Å². The molecule has 0 aliphatic heterocycles. The molecule has 0 bridgehead atoms. The topological polar surface area (TPSA) is 54.4 Å². The number of ketones is 1. The average Bonchev–Trinajstić information content (AvgIpc) is 2.26. The minimum absolute atomic E-state index is 0.457. The molecule has 0 amide bonds. The van der Waals surface area contributed by atoms with Gasteiger partial charge >= 0.3 is 5.97 Å². The second-order valence-electron chi connectivity index (χ2n) is 3.82. The second-order valence-corrected chi connectivity index (χ2v) is 3.82. The van der Waals surface area contributed by atoms with Crippen LogP contribution in [0.5, 0.6) is 0 Å². The van der Waals surface area contributed by atoms with Crippen LogP contribution in [0.1, 0.15) is 30.9 Å². The predicted molar refractivity (Wildman–Crippen MR) is 62.2 cm³/mol.